The summed E-state index contributed by atoms with van der Waals surface area (Å²) in [5, 5.41) is 12.3. The first-order valence-corrected chi connectivity index (χ1v) is 9.23. The van der Waals surface area contributed by atoms with Crippen molar-refractivity contribution in [3.8, 4) is 0 Å². The Morgan fingerprint density at radius 1 is 1.23 bits per heavy atom. The van der Waals surface area contributed by atoms with E-state index in [1.807, 2.05) is 42.1 Å². The van der Waals surface area contributed by atoms with Crippen LogP contribution in [0.5, 0.6) is 0 Å². The van der Waals surface area contributed by atoms with Crippen molar-refractivity contribution in [1.29, 1.82) is 0 Å². The van der Waals surface area contributed by atoms with Gasteiger partial charge in [0.1, 0.15) is 11.9 Å². The van der Waals surface area contributed by atoms with Crippen LogP contribution in [0.1, 0.15) is 27.9 Å². The van der Waals surface area contributed by atoms with Gasteiger partial charge in [-0.15, -0.1) is 11.3 Å². The molecule has 0 aliphatic heterocycles. The molecule has 1 atom stereocenters. The van der Waals surface area contributed by atoms with Crippen molar-refractivity contribution in [3.63, 3.8) is 0 Å². The number of carbonyl (C=O) groups is 1. The molecule has 1 aromatic carbocycles. The van der Waals surface area contributed by atoms with Gasteiger partial charge in [-0.25, -0.2) is 9.18 Å². The number of nitrogens with one attached hydrogen (secondary N) is 2. The number of carbonyl (C=O) groups excluding carboxylic acids is 1. The molecule has 5 nitrogen and oxygen atoms in total. The van der Waals surface area contributed by atoms with Crippen LogP contribution in [-0.2, 0) is 6.54 Å². The van der Waals surface area contributed by atoms with Gasteiger partial charge in [0.15, 0.2) is 0 Å². The molecule has 0 unspecified atom stereocenters. The Morgan fingerprint density at radius 2 is 2.00 bits per heavy atom. The normalized spacial score (nSPS) is 12.0. The maximum Gasteiger partial charge on any atom is 0.315 e. The summed E-state index contributed by atoms with van der Waals surface area (Å²) in [6.45, 7) is 4.74. The van der Waals surface area contributed by atoms with E-state index in [2.05, 4.69) is 15.7 Å². The second-order valence-electron chi connectivity index (χ2n) is 6.09. The highest BCUT2D eigenvalue weighted by Gasteiger charge is 2.19. The molecule has 2 aromatic heterocycles. The van der Waals surface area contributed by atoms with E-state index in [0.717, 1.165) is 21.8 Å². The van der Waals surface area contributed by atoms with Crippen LogP contribution in [0.2, 0.25) is 0 Å². The first-order chi connectivity index (χ1) is 12.5. The number of amides is 2. The summed E-state index contributed by atoms with van der Waals surface area (Å²) < 4.78 is 14.9. The molecule has 3 rings (SSSR count). The Morgan fingerprint density at radius 3 is 2.62 bits per heavy atom. The van der Waals surface area contributed by atoms with Crippen LogP contribution in [-0.4, -0.2) is 22.4 Å². The molecular formula is C19H21FN4OS. The Bertz CT molecular complexity index is 858. The summed E-state index contributed by atoms with van der Waals surface area (Å²) in [7, 11) is 0. The fraction of sp³-hybridized carbons (Fsp3) is 0.263. The highest BCUT2D eigenvalue weighted by molar-refractivity contribution is 7.10. The van der Waals surface area contributed by atoms with Gasteiger partial charge in [-0.05, 0) is 49.1 Å². The molecule has 7 heteroatoms. The van der Waals surface area contributed by atoms with Gasteiger partial charge in [0.25, 0.3) is 0 Å². The van der Waals surface area contributed by atoms with Crippen LogP contribution in [0.25, 0.3) is 0 Å². The van der Waals surface area contributed by atoms with E-state index in [4.69, 9.17) is 0 Å². The zero-order chi connectivity index (χ0) is 18.5. The number of hydrogen-bond donors (Lipinski definition) is 2. The molecule has 2 amide bonds. The van der Waals surface area contributed by atoms with Gasteiger partial charge in [0, 0.05) is 23.7 Å². The van der Waals surface area contributed by atoms with Crippen molar-refractivity contribution >= 4 is 17.4 Å². The third-order valence-electron chi connectivity index (χ3n) is 4.03. The molecule has 2 heterocycles. The van der Waals surface area contributed by atoms with Crippen molar-refractivity contribution in [2.45, 2.75) is 26.4 Å². The van der Waals surface area contributed by atoms with Gasteiger partial charge in [-0.1, -0.05) is 18.2 Å². The lowest BCUT2D eigenvalue weighted by atomic mass is 10.2. The van der Waals surface area contributed by atoms with Crippen molar-refractivity contribution in [2.24, 2.45) is 0 Å². The first-order valence-electron chi connectivity index (χ1n) is 8.35. The maximum absolute atomic E-state index is 12.9. The average molecular weight is 372 g/mol. The monoisotopic (exact) mass is 372 g/mol. The van der Waals surface area contributed by atoms with Gasteiger partial charge in [0.05, 0.1) is 5.69 Å². The smallest absolute Gasteiger partial charge is 0.315 e. The van der Waals surface area contributed by atoms with E-state index in [0.29, 0.717) is 13.1 Å². The maximum atomic E-state index is 12.9. The summed E-state index contributed by atoms with van der Waals surface area (Å²) >= 11 is 1.64. The predicted octanol–water partition coefficient (Wildman–Crippen LogP) is 3.79. The van der Waals surface area contributed by atoms with E-state index in [9.17, 15) is 9.18 Å². The quantitative estimate of drug-likeness (QED) is 0.692. The Labute approximate surface area is 155 Å². The Kier molecular flexibility index (Phi) is 5.68. The molecule has 0 aliphatic rings. The topological polar surface area (TPSA) is 59.0 Å². The van der Waals surface area contributed by atoms with E-state index in [-0.39, 0.29) is 17.9 Å². The van der Waals surface area contributed by atoms with Crippen molar-refractivity contribution < 1.29 is 9.18 Å². The average Bonchev–Trinajstić information content (AvgIpc) is 3.25. The minimum Gasteiger partial charge on any atom is -0.336 e. The molecule has 26 heavy (non-hydrogen) atoms. The highest BCUT2D eigenvalue weighted by Crippen LogP contribution is 2.24. The van der Waals surface area contributed by atoms with Crippen LogP contribution in [0.15, 0.2) is 47.8 Å². The number of thiophene rings is 1. The van der Waals surface area contributed by atoms with Gasteiger partial charge >= 0.3 is 6.03 Å². The lowest BCUT2D eigenvalue weighted by molar-refractivity contribution is 0.239. The van der Waals surface area contributed by atoms with Crippen molar-refractivity contribution in [3.05, 3.63) is 75.5 Å². The second-order valence-corrected chi connectivity index (χ2v) is 7.07. The summed E-state index contributed by atoms with van der Waals surface area (Å²) in [6, 6.07) is 11.8. The number of benzene rings is 1. The molecule has 0 spiro atoms. The molecule has 0 fully saturated rings. The Balaban J connectivity index is 1.61. The van der Waals surface area contributed by atoms with Gasteiger partial charge < -0.3 is 10.6 Å². The van der Waals surface area contributed by atoms with Crippen LogP contribution in [0, 0.1) is 19.7 Å². The fourth-order valence-electron chi connectivity index (χ4n) is 2.79. The van der Waals surface area contributed by atoms with Gasteiger partial charge in [0.2, 0.25) is 0 Å². The number of aromatic nitrogens is 2. The van der Waals surface area contributed by atoms with E-state index in [1.54, 1.807) is 23.5 Å². The molecular weight excluding hydrogens is 351 g/mol. The number of aryl methyl sites for hydroxylation is 2. The predicted molar refractivity (Wildman–Crippen MR) is 101 cm³/mol. The summed E-state index contributed by atoms with van der Waals surface area (Å²) in [6.07, 6.45) is 0. The Hall–Kier alpha value is -2.67. The summed E-state index contributed by atoms with van der Waals surface area (Å²) in [4.78, 5) is 13.3. The SMILES string of the molecule is Cc1cc(C)n([C@H](CNC(=O)NCc2ccc(F)cc2)c2cccs2)n1. The van der Waals surface area contributed by atoms with Crippen molar-refractivity contribution in [1.82, 2.24) is 20.4 Å². The number of rotatable bonds is 6. The van der Waals surface area contributed by atoms with Crippen molar-refractivity contribution in [2.75, 3.05) is 6.54 Å². The van der Waals surface area contributed by atoms with Crippen LogP contribution in [0.4, 0.5) is 9.18 Å². The zero-order valence-electron chi connectivity index (χ0n) is 14.7. The highest BCUT2D eigenvalue weighted by atomic mass is 32.1. The molecule has 0 saturated carbocycles. The number of nitrogens with zero attached hydrogens (tertiary/aromatic N) is 2. The standard InChI is InChI=1S/C19H21FN4OS/c1-13-10-14(2)24(23-13)17(18-4-3-9-26-18)12-22-19(25)21-11-15-5-7-16(20)8-6-15/h3-10,17H,11-12H2,1-2H3,(H2,21,22,25)/t17-/m1/s1. The molecule has 0 aliphatic carbocycles. The van der Waals surface area contributed by atoms with Gasteiger partial charge in [-0.3, -0.25) is 4.68 Å². The third kappa shape index (κ3) is 4.49. The number of hydrogen-bond acceptors (Lipinski definition) is 3. The van der Waals surface area contributed by atoms with E-state index >= 15 is 0 Å². The third-order valence-corrected chi connectivity index (χ3v) is 5.01. The molecule has 0 bridgehead atoms. The molecule has 0 radical (unpaired) electrons. The minimum atomic E-state index is -0.290. The zero-order valence-corrected chi connectivity index (χ0v) is 15.5. The van der Waals surface area contributed by atoms with Crippen LogP contribution < -0.4 is 10.6 Å². The summed E-state index contributed by atoms with van der Waals surface area (Å²) in [5.74, 6) is -0.290. The molecule has 2 N–H and O–H groups in total. The van der Waals surface area contributed by atoms with Crippen LogP contribution in [0.3, 0.4) is 0 Å². The van der Waals surface area contributed by atoms with E-state index < -0.39 is 0 Å². The van der Waals surface area contributed by atoms with E-state index in [1.165, 1.54) is 12.1 Å². The number of halogens is 1. The molecule has 136 valence electrons. The molecule has 3 aromatic rings. The largest absolute Gasteiger partial charge is 0.336 e. The van der Waals surface area contributed by atoms with Crippen LogP contribution >= 0.6 is 11.3 Å². The fourth-order valence-corrected chi connectivity index (χ4v) is 3.60. The minimum absolute atomic E-state index is 0.0553. The second kappa shape index (κ2) is 8.14. The first kappa shape index (κ1) is 18.1. The molecule has 0 saturated heterocycles. The summed E-state index contributed by atoms with van der Waals surface area (Å²) in [5.41, 5.74) is 2.84. The number of urea groups is 1. The van der Waals surface area contributed by atoms with Gasteiger partial charge in [-0.2, -0.15) is 5.10 Å². The lowest BCUT2D eigenvalue weighted by Gasteiger charge is -2.19. The lowest BCUT2D eigenvalue weighted by Crippen LogP contribution is -2.38.